The molecule has 8 nitrogen and oxygen atoms in total. The summed E-state index contributed by atoms with van der Waals surface area (Å²) in [4.78, 5) is 15.2. The van der Waals surface area contributed by atoms with Gasteiger partial charge in [-0.15, -0.1) is 0 Å². The van der Waals surface area contributed by atoms with Crippen LogP contribution < -0.4 is 9.47 Å². The van der Waals surface area contributed by atoms with Gasteiger partial charge in [-0.1, -0.05) is 18.2 Å². The van der Waals surface area contributed by atoms with Gasteiger partial charge in [-0.2, -0.15) is 4.31 Å². The number of carbonyl (C=O) groups is 1. The molecule has 2 aromatic rings. The highest BCUT2D eigenvalue weighted by molar-refractivity contribution is 7.89. The Balaban J connectivity index is 1.26. The number of ether oxygens (including phenoxy) is 3. The van der Waals surface area contributed by atoms with Gasteiger partial charge in [0.25, 0.3) is 0 Å². The van der Waals surface area contributed by atoms with Crippen molar-refractivity contribution in [3.63, 3.8) is 0 Å². The average molecular weight is 499 g/mol. The number of fused-ring (bicyclic) bond motifs is 1. The first-order chi connectivity index (χ1) is 17.0. The lowest BCUT2D eigenvalue weighted by atomic mass is 10.0. The van der Waals surface area contributed by atoms with Crippen LogP contribution in [0.2, 0.25) is 0 Å². The Labute approximate surface area is 206 Å². The number of benzene rings is 2. The van der Waals surface area contributed by atoms with Gasteiger partial charge in [0.1, 0.15) is 0 Å². The molecular weight excluding hydrogens is 468 g/mol. The SMILES string of the molecule is O=C(/C=C/c1ccc(S(=O)(=O)N2CCOCC2)cc1)N1CCCC1c1ccc2c(c1)OCCCO2. The second-order valence-electron chi connectivity index (χ2n) is 8.87. The summed E-state index contributed by atoms with van der Waals surface area (Å²) in [5, 5.41) is 0. The van der Waals surface area contributed by atoms with Gasteiger partial charge < -0.3 is 19.1 Å². The van der Waals surface area contributed by atoms with E-state index in [1.807, 2.05) is 23.1 Å². The van der Waals surface area contributed by atoms with Crippen LogP contribution in [0.15, 0.2) is 53.4 Å². The summed E-state index contributed by atoms with van der Waals surface area (Å²) in [6.45, 7) is 3.50. The summed E-state index contributed by atoms with van der Waals surface area (Å²) in [5.41, 5.74) is 1.82. The molecule has 3 aliphatic heterocycles. The van der Waals surface area contributed by atoms with Crippen LogP contribution in [0.3, 0.4) is 0 Å². The van der Waals surface area contributed by atoms with E-state index in [0.29, 0.717) is 46.1 Å². The Morgan fingerprint density at radius 3 is 2.40 bits per heavy atom. The van der Waals surface area contributed by atoms with Crippen LogP contribution in [0, 0.1) is 0 Å². The van der Waals surface area contributed by atoms with E-state index in [1.54, 1.807) is 36.4 Å². The highest BCUT2D eigenvalue weighted by atomic mass is 32.2. The molecule has 2 saturated heterocycles. The molecule has 3 heterocycles. The van der Waals surface area contributed by atoms with Crippen molar-refractivity contribution in [1.82, 2.24) is 9.21 Å². The van der Waals surface area contributed by atoms with Crippen LogP contribution in [0.4, 0.5) is 0 Å². The van der Waals surface area contributed by atoms with E-state index in [1.165, 1.54) is 4.31 Å². The van der Waals surface area contributed by atoms with Crippen LogP contribution >= 0.6 is 0 Å². The van der Waals surface area contributed by atoms with Gasteiger partial charge in [-0.3, -0.25) is 4.79 Å². The quantitative estimate of drug-likeness (QED) is 0.589. The van der Waals surface area contributed by atoms with Crippen molar-refractivity contribution < 1.29 is 27.4 Å². The van der Waals surface area contributed by atoms with Crippen molar-refractivity contribution in [3.8, 4) is 11.5 Å². The number of rotatable bonds is 5. The lowest BCUT2D eigenvalue weighted by molar-refractivity contribution is -0.126. The standard InChI is InChI=1S/C26H30N2O6S/c29-26(11-6-20-4-8-22(9-5-20)35(30,31)27-13-17-32-18-14-27)28-12-1-3-23(28)21-7-10-24-25(19-21)34-16-2-15-33-24/h4-11,19,23H,1-3,12-18H2/b11-6+. The summed E-state index contributed by atoms with van der Waals surface area (Å²) >= 11 is 0. The number of nitrogens with zero attached hydrogens (tertiary/aromatic N) is 2. The van der Waals surface area contributed by atoms with E-state index in [0.717, 1.165) is 41.9 Å². The molecule has 0 spiro atoms. The van der Waals surface area contributed by atoms with Crippen LogP contribution in [-0.2, 0) is 19.6 Å². The molecule has 0 radical (unpaired) electrons. The molecule has 1 atom stereocenters. The molecule has 9 heteroatoms. The zero-order valence-electron chi connectivity index (χ0n) is 19.6. The van der Waals surface area contributed by atoms with E-state index in [2.05, 4.69) is 0 Å². The highest BCUT2D eigenvalue weighted by Gasteiger charge is 2.30. The molecule has 0 aromatic heterocycles. The molecule has 0 saturated carbocycles. The van der Waals surface area contributed by atoms with E-state index >= 15 is 0 Å². The third-order valence-corrected chi connectivity index (χ3v) is 8.51. The zero-order chi connectivity index (χ0) is 24.3. The smallest absolute Gasteiger partial charge is 0.247 e. The fourth-order valence-electron chi connectivity index (χ4n) is 4.71. The first kappa shape index (κ1) is 23.8. The fourth-order valence-corrected chi connectivity index (χ4v) is 6.12. The predicted octanol–water partition coefficient (Wildman–Crippen LogP) is 3.25. The van der Waals surface area contributed by atoms with Gasteiger partial charge >= 0.3 is 0 Å². The number of sulfonamides is 1. The van der Waals surface area contributed by atoms with E-state index in [4.69, 9.17) is 14.2 Å². The molecular formula is C26H30N2O6S. The van der Waals surface area contributed by atoms with E-state index < -0.39 is 10.0 Å². The number of hydrogen-bond donors (Lipinski definition) is 0. The monoisotopic (exact) mass is 498 g/mol. The van der Waals surface area contributed by atoms with Crippen molar-refractivity contribution in [2.75, 3.05) is 46.1 Å². The third-order valence-electron chi connectivity index (χ3n) is 6.60. The lowest BCUT2D eigenvalue weighted by Gasteiger charge is -2.26. The molecule has 0 aliphatic carbocycles. The Morgan fingerprint density at radius 1 is 0.886 bits per heavy atom. The summed E-state index contributed by atoms with van der Waals surface area (Å²) in [6.07, 6.45) is 5.98. The van der Waals surface area contributed by atoms with Crippen molar-refractivity contribution in [2.24, 2.45) is 0 Å². The predicted molar refractivity (Wildman–Crippen MR) is 131 cm³/mol. The maximum absolute atomic E-state index is 13.0. The normalized spacial score (nSPS) is 21.3. The van der Waals surface area contributed by atoms with Crippen LogP contribution in [0.5, 0.6) is 11.5 Å². The maximum Gasteiger partial charge on any atom is 0.247 e. The van der Waals surface area contributed by atoms with Gasteiger partial charge in [-0.05, 0) is 54.3 Å². The second-order valence-corrected chi connectivity index (χ2v) is 10.8. The minimum absolute atomic E-state index is 0.00894. The molecule has 186 valence electrons. The zero-order valence-corrected chi connectivity index (χ0v) is 20.4. The van der Waals surface area contributed by atoms with Crippen LogP contribution in [-0.4, -0.2) is 69.6 Å². The van der Waals surface area contributed by atoms with E-state index in [9.17, 15) is 13.2 Å². The molecule has 2 fully saturated rings. The fraction of sp³-hybridized carbons (Fsp3) is 0.423. The largest absolute Gasteiger partial charge is 0.490 e. The Kier molecular flexibility index (Phi) is 7.08. The Bertz CT molecular complexity index is 1190. The molecule has 5 rings (SSSR count). The lowest BCUT2D eigenvalue weighted by Crippen LogP contribution is -2.40. The van der Waals surface area contributed by atoms with Crippen molar-refractivity contribution >= 4 is 22.0 Å². The summed E-state index contributed by atoms with van der Waals surface area (Å²) in [7, 11) is -3.54. The Hall–Kier alpha value is -2.88. The minimum atomic E-state index is -3.54. The van der Waals surface area contributed by atoms with Gasteiger partial charge in [-0.25, -0.2) is 8.42 Å². The van der Waals surface area contributed by atoms with Gasteiger partial charge in [0, 0.05) is 32.1 Å². The number of likely N-dealkylation sites (tertiary alicyclic amines) is 1. The third kappa shape index (κ3) is 5.22. The molecule has 35 heavy (non-hydrogen) atoms. The highest BCUT2D eigenvalue weighted by Crippen LogP contribution is 2.38. The minimum Gasteiger partial charge on any atom is -0.490 e. The molecule has 1 unspecified atom stereocenters. The maximum atomic E-state index is 13.0. The molecule has 3 aliphatic rings. The van der Waals surface area contributed by atoms with Crippen molar-refractivity contribution in [3.05, 3.63) is 59.7 Å². The summed E-state index contributed by atoms with van der Waals surface area (Å²) < 4.78 is 43.8. The molecule has 2 aromatic carbocycles. The molecule has 0 bridgehead atoms. The number of hydrogen-bond acceptors (Lipinski definition) is 6. The van der Waals surface area contributed by atoms with Crippen LogP contribution in [0.1, 0.15) is 36.4 Å². The Morgan fingerprint density at radius 2 is 1.63 bits per heavy atom. The van der Waals surface area contributed by atoms with Crippen molar-refractivity contribution in [1.29, 1.82) is 0 Å². The van der Waals surface area contributed by atoms with Gasteiger partial charge in [0.15, 0.2) is 11.5 Å². The summed E-state index contributed by atoms with van der Waals surface area (Å²) in [6, 6.07) is 12.6. The number of morpholine rings is 1. The average Bonchev–Trinajstić information content (AvgIpc) is 3.27. The van der Waals surface area contributed by atoms with Crippen molar-refractivity contribution in [2.45, 2.75) is 30.2 Å². The van der Waals surface area contributed by atoms with E-state index in [-0.39, 0.29) is 16.8 Å². The summed E-state index contributed by atoms with van der Waals surface area (Å²) in [5.74, 6) is 1.42. The number of carbonyl (C=O) groups excluding carboxylic acids is 1. The second kappa shape index (κ2) is 10.4. The van der Waals surface area contributed by atoms with Gasteiger partial charge in [0.2, 0.25) is 15.9 Å². The molecule has 1 amide bonds. The topological polar surface area (TPSA) is 85.4 Å². The number of amides is 1. The first-order valence-electron chi connectivity index (χ1n) is 12.1. The van der Waals surface area contributed by atoms with Gasteiger partial charge in [0.05, 0.1) is 37.4 Å². The van der Waals surface area contributed by atoms with Crippen LogP contribution in [0.25, 0.3) is 6.08 Å². The molecule has 0 N–H and O–H groups in total. The first-order valence-corrected chi connectivity index (χ1v) is 13.5.